The molecule has 4 aliphatic rings. The van der Waals surface area contributed by atoms with Gasteiger partial charge in [0.05, 0.1) is 41.0 Å². The fourth-order valence-electron chi connectivity index (χ4n) is 6.73. The van der Waals surface area contributed by atoms with Crippen LogP contribution in [0.3, 0.4) is 0 Å². The molecule has 14 nitrogen and oxygen atoms in total. The van der Waals surface area contributed by atoms with Crippen molar-refractivity contribution < 1.29 is 43.5 Å². The number of hydrogen-bond donors (Lipinski definition) is 1. The Bertz CT molecular complexity index is 1430. The quantitative estimate of drug-likeness (QED) is 0.176. The fraction of sp³-hybridized carbons (Fsp3) is 0.586. The second-order valence-electron chi connectivity index (χ2n) is 12.4. The van der Waals surface area contributed by atoms with Gasteiger partial charge >= 0.3 is 6.09 Å². The zero-order valence-corrected chi connectivity index (χ0v) is 25.9. The number of nitro groups is 1. The minimum atomic E-state index is -1.42. The summed E-state index contributed by atoms with van der Waals surface area (Å²) in [6.45, 7) is 2.44. The standard InChI is InChI=1S/C29H37N5O9S/c1-16(35)22-9-18(33(41)42)6-5-17(22)15-43-29(40)34(4)14-21(12-23(34)27(37)31-8-7-19(13-31)30(2)3)44-24-10-20-11-25(36)32(20)26(24)28(38)39/h5-6,9,16,19-21,23,35H,7-8,10-15H2,1-4H3/t16-,19+,20-,21+,23+,34-/m1/s1. The number of nitrogens with zero attached hydrogens (tertiary/aromatic N) is 5. The lowest BCUT2D eigenvalue weighted by Crippen LogP contribution is -2.59. The minimum Gasteiger partial charge on any atom is -0.543 e. The Morgan fingerprint density at radius 3 is 2.59 bits per heavy atom. The Kier molecular flexibility index (Phi) is 8.77. The summed E-state index contributed by atoms with van der Waals surface area (Å²) in [7, 11) is 5.54. The van der Waals surface area contributed by atoms with Crippen LogP contribution in [0.25, 0.3) is 0 Å². The molecule has 0 spiro atoms. The van der Waals surface area contributed by atoms with Gasteiger partial charge in [0.1, 0.15) is 13.2 Å². The van der Waals surface area contributed by atoms with Crippen LogP contribution in [0.15, 0.2) is 28.8 Å². The monoisotopic (exact) mass is 631 g/mol. The number of likely N-dealkylation sites (N-methyl/N-ethyl adjacent to an activating group) is 2. The number of fused-ring (bicyclic) bond motifs is 1. The molecule has 3 saturated heterocycles. The largest absolute Gasteiger partial charge is 0.543 e. The summed E-state index contributed by atoms with van der Waals surface area (Å²) in [5.74, 6) is -1.87. The van der Waals surface area contributed by atoms with E-state index in [0.29, 0.717) is 30.0 Å². The molecule has 0 unspecified atom stereocenters. The molecular weight excluding hydrogens is 594 g/mol. The van der Waals surface area contributed by atoms with Crippen LogP contribution in [0.5, 0.6) is 0 Å². The molecule has 0 aromatic heterocycles. The highest BCUT2D eigenvalue weighted by molar-refractivity contribution is 8.03. The Hall–Kier alpha value is -3.53. The normalized spacial score (nSPS) is 28.7. The van der Waals surface area contributed by atoms with Crippen molar-refractivity contribution >= 4 is 41.3 Å². The molecule has 15 heteroatoms. The molecule has 238 valence electrons. The van der Waals surface area contributed by atoms with Gasteiger partial charge in [-0.25, -0.2) is 4.48 Å². The maximum absolute atomic E-state index is 14.0. The van der Waals surface area contributed by atoms with Crippen LogP contribution < -0.4 is 5.11 Å². The highest BCUT2D eigenvalue weighted by atomic mass is 32.2. The third kappa shape index (κ3) is 5.80. The number of aliphatic hydroxyl groups is 1. The van der Waals surface area contributed by atoms with E-state index in [4.69, 9.17) is 4.74 Å². The lowest BCUT2D eigenvalue weighted by molar-refractivity contribution is -0.841. The van der Waals surface area contributed by atoms with Crippen molar-refractivity contribution in [1.82, 2.24) is 14.7 Å². The van der Waals surface area contributed by atoms with E-state index in [1.807, 2.05) is 14.1 Å². The summed E-state index contributed by atoms with van der Waals surface area (Å²) < 4.78 is 5.36. The molecule has 6 atom stereocenters. The summed E-state index contributed by atoms with van der Waals surface area (Å²) in [5.41, 5.74) is 0.326. The maximum atomic E-state index is 14.0. The van der Waals surface area contributed by atoms with E-state index in [-0.39, 0.29) is 76.6 Å². The molecule has 0 aliphatic carbocycles. The summed E-state index contributed by atoms with van der Waals surface area (Å²) in [5, 5.41) is 33.1. The number of non-ortho nitro benzene ring substituents is 1. The number of amides is 3. The number of aliphatic carboxylic acids is 1. The summed E-state index contributed by atoms with van der Waals surface area (Å²) in [6, 6.07) is 3.14. The highest BCUT2D eigenvalue weighted by Gasteiger charge is 2.57. The Morgan fingerprint density at radius 2 is 2.00 bits per heavy atom. The first-order chi connectivity index (χ1) is 20.7. The van der Waals surface area contributed by atoms with Crippen LogP contribution in [-0.4, -0.2) is 117 Å². The topological polar surface area (TPSA) is 174 Å². The number of carbonyl (C=O) groups excluding carboxylic acids is 4. The van der Waals surface area contributed by atoms with Crippen molar-refractivity contribution in [3.8, 4) is 0 Å². The van der Waals surface area contributed by atoms with Crippen molar-refractivity contribution in [3.63, 3.8) is 0 Å². The number of benzene rings is 1. The smallest absolute Gasteiger partial charge is 0.516 e. The second kappa shape index (κ2) is 12.1. The van der Waals surface area contributed by atoms with Gasteiger partial charge in [-0.2, -0.15) is 4.79 Å². The number of carboxylic acid groups (broad SMARTS) is 1. The third-order valence-corrected chi connectivity index (χ3v) is 10.6. The fourth-order valence-corrected chi connectivity index (χ4v) is 8.38. The molecule has 3 amide bonds. The van der Waals surface area contributed by atoms with Crippen LogP contribution in [0.1, 0.15) is 49.8 Å². The first-order valence-electron chi connectivity index (χ1n) is 14.6. The summed E-state index contributed by atoms with van der Waals surface area (Å²) in [6.07, 6.45) is 0.0210. The number of likely N-dealkylation sites (tertiary alicyclic amines) is 2. The molecule has 1 aromatic carbocycles. The van der Waals surface area contributed by atoms with Crippen molar-refractivity contribution in [1.29, 1.82) is 0 Å². The van der Waals surface area contributed by atoms with Crippen molar-refractivity contribution in [2.24, 2.45) is 0 Å². The van der Waals surface area contributed by atoms with Crippen molar-refractivity contribution in [3.05, 3.63) is 50.0 Å². The zero-order valence-electron chi connectivity index (χ0n) is 25.1. The number of carboxylic acids is 1. The van der Waals surface area contributed by atoms with E-state index in [9.17, 15) is 39.5 Å². The van der Waals surface area contributed by atoms with Gasteiger partial charge in [0, 0.05) is 55.4 Å². The van der Waals surface area contributed by atoms with Crippen LogP contribution in [-0.2, 0) is 25.7 Å². The number of thioether (sulfide) groups is 1. The summed E-state index contributed by atoms with van der Waals surface area (Å²) >= 11 is 1.28. The van der Waals surface area contributed by atoms with Gasteiger partial charge in [-0.05, 0) is 44.6 Å². The Labute approximate surface area is 258 Å². The second-order valence-corrected chi connectivity index (χ2v) is 13.8. The van der Waals surface area contributed by atoms with Gasteiger partial charge in [0.15, 0.2) is 6.04 Å². The highest BCUT2D eigenvalue weighted by Crippen LogP contribution is 2.47. The number of ether oxygens (including phenoxy) is 1. The third-order valence-electron chi connectivity index (χ3n) is 9.28. The molecule has 4 heterocycles. The number of rotatable bonds is 9. The molecule has 1 N–H and O–H groups in total. The van der Waals surface area contributed by atoms with Crippen LogP contribution in [0, 0.1) is 10.1 Å². The van der Waals surface area contributed by atoms with E-state index in [2.05, 4.69) is 4.90 Å². The summed E-state index contributed by atoms with van der Waals surface area (Å²) in [4.78, 5) is 68.2. The van der Waals surface area contributed by atoms with Crippen molar-refractivity contribution in [2.75, 3.05) is 40.8 Å². The van der Waals surface area contributed by atoms with E-state index in [0.717, 1.165) is 6.42 Å². The molecule has 0 saturated carbocycles. The molecule has 1 aromatic rings. The number of aliphatic hydroxyl groups excluding tert-OH is 1. The minimum absolute atomic E-state index is 0.125. The number of carbonyl (C=O) groups is 4. The van der Waals surface area contributed by atoms with Gasteiger partial charge in [0.25, 0.3) is 11.6 Å². The van der Waals surface area contributed by atoms with Crippen LogP contribution in [0.4, 0.5) is 10.5 Å². The first kappa shape index (κ1) is 31.9. The van der Waals surface area contributed by atoms with Gasteiger partial charge in [0.2, 0.25) is 5.91 Å². The average Bonchev–Trinajstić information content (AvgIpc) is 3.66. The van der Waals surface area contributed by atoms with E-state index < -0.39 is 29.1 Å². The van der Waals surface area contributed by atoms with E-state index >= 15 is 0 Å². The SMILES string of the molecule is C[C@@H](O)c1cc([N+](=O)[O-])ccc1COC(=O)[N@+]1(C)C[C@@H](SC2=C(C(=O)[O-])N3C(=O)C[C@H]3C2)C[C@H]1C(=O)N1CC[C@H](N(C)C)C1. The first-order valence-corrected chi connectivity index (χ1v) is 15.5. The number of β-lactam (4-membered cyclic amide) rings is 1. The van der Waals surface area contributed by atoms with Gasteiger partial charge in [-0.1, -0.05) is 0 Å². The van der Waals surface area contributed by atoms with Crippen molar-refractivity contribution in [2.45, 2.75) is 68.7 Å². The van der Waals surface area contributed by atoms with Gasteiger partial charge < -0.3 is 34.4 Å². The van der Waals surface area contributed by atoms with E-state index in [1.54, 1.807) is 11.9 Å². The predicted octanol–water partition coefficient (Wildman–Crippen LogP) is 0.734. The number of hydrogen-bond acceptors (Lipinski definition) is 11. The average molecular weight is 632 g/mol. The number of quaternary nitrogens is 1. The molecule has 4 aliphatic heterocycles. The Morgan fingerprint density at radius 1 is 1.27 bits per heavy atom. The molecule has 3 fully saturated rings. The zero-order chi connectivity index (χ0) is 32.1. The predicted molar refractivity (Wildman–Crippen MR) is 155 cm³/mol. The molecule has 0 bridgehead atoms. The maximum Gasteiger partial charge on any atom is 0.516 e. The van der Waals surface area contributed by atoms with Crippen LogP contribution >= 0.6 is 11.8 Å². The lowest BCUT2D eigenvalue weighted by Gasteiger charge is -2.36. The number of nitro benzene ring substituents is 1. The Balaban J connectivity index is 1.39. The molecule has 5 rings (SSSR count). The van der Waals surface area contributed by atoms with Gasteiger partial charge in [-0.15, -0.1) is 11.8 Å². The van der Waals surface area contributed by atoms with E-state index in [1.165, 1.54) is 41.8 Å². The molecular formula is C29H37N5O9S. The molecule has 0 radical (unpaired) electrons. The molecule has 44 heavy (non-hydrogen) atoms. The van der Waals surface area contributed by atoms with Gasteiger partial charge in [-0.3, -0.25) is 19.7 Å². The van der Waals surface area contributed by atoms with Crippen LogP contribution in [0.2, 0.25) is 0 Å². The lowest BCUT2D eigenvalue weighted by atomic mass is 10.0.